The molecule has 15 nitrogen and oxygen atoms in total. The summed E-state index contributed by atoms with van der Waals surface area (Å²) in [5.74, 6) is -0.636. The van der Waals surface area contributed by atoms with Gasteiger partial charge in [-0.05, 0) is 42.2 Å². The Morgan fingerprint density at radius 2 is 1.63 bits per heavy atom. The molecule has 63 heavy (non-hydrogen) atoms. The number of piperazine rings is 1. The van der Waals surface area contributed by atoms with Gasteiger partial charge in [-0.25, -0.2) is 14.8 Å². The third-order valence-corrected chi connectivity index (χ3v) is 11.4. The Hall–Kier alpha value is -5.88. The second-order valence-electron chi connectivity index (χ2n) is 17.0. The van der Waals surface area contributed by atoms with Gasteiger partial charge in [0.1, 0.15) is 23.4 Å². The van der Waals surface area contributed by atoms with Crippen LogP contribution in [0.25, 0.3) is 22.4 Å². The highest BCUT2D eigenvalue weighted by Gasteiger charge is 2.42. The van der Waals surface area contributed by atoms with Crippen LogP contribution >= 0.6 is 11.6 Å². The van der Waals surface area contributed by atoms with Crippen molar-refractivity contribution in [1.29, 1.82) is 0 Å². The maximum absolute atomic E-state index is 13.8. The molecule has 2 aliphatic heterocycles. The molecular weight excluding hydrogens is 845 g/mol. The Morgan fingerprint density at radius 1 is 0.937 bits per heavy atom. The molecule has 4 aromatic rings. The minimum absolute atomic E-state index is 0.0163. The van der Waals surface area contributed by atoms with E-state index in [0.717, 1.165) is 6.07 Å². The Labute approximate surface area is 368 Å². The second kappa shape index (κ2) is 18.8. The molecule has 2 fully saturated rings. The number of imidazole rings is 1. The average Bonchev–Trinajstić information content (AvgIpc) is 3.91. The lowest BCUT2D eigenvalue weighted by atomic mass is 9.94. The summed E-state index contributed by atoms with van der Waals surface area (Å²) in [7, 11) is 2.78. The number of aromatic nitrogens is 3. The number of hydrogen-bond donors (Lipinski definition) is 3. The zero-order valence-corrected chi connectivity index (χ0v) is 37.1. The molecule has 0 spiro atoms. The van der Waals surface area contributed by atoms with Gasteiger partial charge in [-0.15, -0.1) is 13.2 Å². The van der Waals surface area contributed by atoms with E-state index in [4.69, 9.17) is 21.1 Å². The van der Waals surface area contributed by atoms with Crippen LogP contribution in [0.3, 0.4) is 0 Å². The minimum atomic E-state index is -5.07. The summed E-state index contributed by atoms with van der Waals surface area (Å²) in [5, 5.41) is 5.16. The number of halogens is 4. The topological polar surface area (TPSA) is 171 Å². The van der Waals surface area contributed by atoms with Gasteiger partial charge >= 0.3 is 12.5 Å². The fourth-order valence-corrected chi connectivity index (χ4v) is 7.97. The van der Waals surface area contributed by atoms with Crippen LogP contribution in [0.15, 0.2) is 60.9 Å². The SMILES string of the molecule is COC(=O)N[C@H](C(=O)N1C[C@@H](OC)C[C@H]1c1ncc(-c2ccc(-c3cc(Cl)c(NC(=O)c4ccc(N5CCN(C(=O)C(C)(C)C)C[C@H]5C)nc4)cc3OC(F)(F)F)cc2)[nH]1)C(C)C. The van der Waals surface area contributed by atoms with Crippen molar-refractivity contribution in [2.45, 2.75) is 78.6 Å². The first-order valence-corrected chi connectivity index (χ1v) is 20.8. The summed E-state index contributed by atoms with van der Waals surface area (Å²) < 4.78 is 56.1. The second-order valence-corrected chi connectivity index (χ2v) is 17.4. The first-order valence-electron chi connectivity index (χ1n) is 20.4. The number of benzene rings is 2. The van der Waals surface area contributed by atoms with Gasteiger partial charge in [0.15, 0.2) is 0 Å². The van der Waals surface area contributed by atoms with Crippen LogP contribution in [0.2, 0.25) is 5.02 Å². The number of alkyl carbamates (subject to hydrolysis) is 1. The highest BCUT2D eigenvalue weighted by atomic mass is 35.5. The van der Waals surface area contributed by atoms with Crippen molar-refractivity contribution < 1.29 is 46.6 Å². The van der Waals surface area contributed by atoms with Crippen molar-refractivity contribution in [1.82, 2.24) is 30.1 Å². The molecule has 2 aliphatic rings. The van der Waals surface area contributed by atoms with Crippen LogP contribution in [-0.2, 0) is 19.1 Å². The van der Waals surface area contributed by atoms with Crippen molar-refractivity contribution in [2.24, 2.45) is 11.3 Å². The molecule has 0 radical (unpaired) electrons. The van der Waals surface area contributed by atoms with Gasteiger partial charge in [0.05, 0.1) is 47.4 Å². The normalized spacial score (nSPS) is 18.6. The standard InChI is InChI=1S/C44H52ClF3N8O7/c1-24(2)37(53-42(60)62-8)40(58)56-23-29(61-7)17-34(56)38-50-21-33(51-38)27-11-9-26(10-12-27)30-18-31(45)32(19-35(30)63-44(46,47)48)52-39(57)28-13-14-36(49-20-28)55-16-15-54(22-25(55)3)41(59)43(4,5)6/h9-14,18-21,24-25,29,34,37H,15-17,22-23H2,1-8H3,(H,50,51)(H,52,57)(H,53,60)/t25-,29+,34+,37+/m1/s1. The van der Waals surface area contributed by atoms with Crippen molar-refractivity contribution >= 4 is 46.9 Å². The summed E-state index contributed by atoms with van der Waals surface area (Å²) in [6.45, 7) is 13.1. The number of likely N-dealkylation sites (tertiary alicyclic amines) is 1. The summed E-state index contributed by atoms with van der Waals surface area (Å²) in [5.41, 5.74) is 1.11. The lowest BCUT2D eigenvalue weighted by Gasteiger charge is -2.42. The summed E-state index contributed by atoms with van der Waals surface area (Å²) in [4.78, 5) is 69.8. The van der Waals surface area contributed by atoms with E-state index >= 15 is 0 Å². The van der Waals surface area contributed by atoms with Crippen LogP contribution in [0.4, 0.5) is 29.5 Å². The molecule has 2 saturated heterocycles. The minimum Gasteiger partial charge on any atom is -0.453 e. The first-order chi connectivity index (χ1) is 29.7. The van der Waals surface area contributed by atoms with E-state index in [1.165, 1.54) is 19.4 Å². The average molecular weight is 897 g/mol. The number of methoxy groups -OCH3 is 2. The summed E-state index contributed by atoms with van der Waals surface area (Å²) in [6, 6.07) is 10.7. The van der Waals surface area contributed by atoms with E-state index in [1.807, 2.05) is 51.3 Å². The highest BCUT2D eigenvalue weighted by Crippen LogP contribution is 2.41. The fraction of sp³-hybridized carbons (Fsp3) is 0.455. The van der Waals surface area contributed by atoms with Crippen molar-refractivity contribution in [3.8, 4) is 28.1 Å². The summed E-state index contributed by atoms with van der Waals surface area (Å²) >= 11 is 6.60. The van der Waals surface area contributed by atoms with Crippen LogP contribution in [0, 0.1) is 11.3 Å². The van der Waals surface area contributed by atoms with Gasteiger partial charge in [-0.2, -0.15) is 0 Å². The van der Waals surface area contributed by atoms with E-state index in [9.17, 15) is 32.3 Å². The number of anilines is 2. The number of H-pyrrole nitrogens is 1. The Kier molecular flexibility index (Phi) is 13.9. The number of carbonyl (C=O) groups excluding carboxylic acids is 4. The van der Waals surface area contributed by atoms with E-state index in [2.05, 4.69) is 30.3 Å². The zero-order chi connectivity index (χ0) is 46.0. The van der Waals surface area contributed by atoms with Gasteiger partial charge in [-0.3, -0.25) is 14.4 Å². The molecule has 19 heteroatoms. The number of pyridine rings is 1. The summed E-state index contributed by atoms with van der Waals surface area (Å²) in [6.07, 6.45) is -2.67. The molecule has 6 rings (SSSR count). The molecule has 338 valence electrons. The number of nitrogens with zero attached hydrogens (tertiary/aromatic N) is 5. The first kappa shape index (κ1) is 46.6. The number of carbonyl (C=O) groups is 4. The maximum Gasteiger partial charge on any atom is 0.573 e. The predicted molar refractivity (Wildman–Crippen MR) is 230 cm³/mol. The molecule has 4 amide bonds. The van der Waals surface area contributed by atoms with E-state index in [0.29, 0.717) is 54.5 Å². The van der Waals surface area contributed by atoms with Gasteiger partial charge in [-0.1, -0.05) is 70.5 Å². The Bertz CT molecular complexity index is 2300. The van der Waals surface area contributed by atoms with Gasteiger partial charge in [0, 0.05) is 69.0 Å². The van der Waals surface area contributed by atoms with E-state index in [-0.39, 0.29) is 58.3 Å². The lowest BCUT2D eigenvalue weighted by Crippen LogP contribution is -2.56. The highest BCUT2D eigenvalue weighted by molar-refractivity contribution is 6.34. The van der Waals surface area contributed by atoms with Crippen molar-refractivity contribution in [2.75, 3.05) is 50.6 Å². The van der Waals surface area contributed by atoms with Gasteiger partial charge < -0.3 is 44.5 Å². The maximum atomic E-state index is 13.8. The van der Waals surface area contributed by atoms with Crippen molar-refractivity contribution in [3.05, 3.63) is 77.3 Å². The van der Waals surface area contributed by atoms with Crippen LogP contribution < -0.4 is 20.3 Å². The van der Waals surface area contributed by atoms with E-state index in [1.54, 1.807) is 54.6 Å². The molecule has 0 unspecified atom stereocenters. The molecule has 4 heterocycles. The molecule has 4 atom stereocenters. The quantitative estimate of drug-likeness (QED) is 0.136. The Balaban J connectivity index is 1.18. The lowest BCUT2D eigenvalue weighted by molar-refractivity contribution is -0.274. The third-order valence-electron chi connectivity index (χ3n) is 11.1. The molecule has 0 aliphatic carbocycles. The molecule has 2 aromatic carbocycles. The number of ether oxygens (including phenoxy) is 3. The molecule has 2 aromatic heterocycles. The van der Waals surface area contributed by atoms with Crippen LogP contribution in [0.1, 0.15) is 70.2 Å². The predicted octanol–water partition coefficient (Wildman–Crippen LogP) is 7.70. The molecular formula is C44H52ClF3N8O7. The smallest absolute Gasteiger partial charge is 0.453 e. The van der Waals surface area contributed by atoms with Crippen molar-refractivity contribution in [3.63, 3.8) is 0 Å². The molecule has 3 N–H and O–H groups in total. The third kappa shape index (κ3) is 10.8. The number of hydrogen-bond acceptors (Lipinski definition) is 10. The molecule has 0 saturated carbocycles. The number of amides is 4. The monoisotopic (exact) mass is 896 g/mol. The fourth-order valence-electron chi connectivity index (χ4n) is 7.76. The largest absolute Gasteiger partial charge is 0.573 e. The number of alkyl halides is 3. The zero-order valence-electron chi connectivity index (χ0n) is 36.3. The van der Waals surface area contributed by atoms with Gasteiger partial charge in [0.2, 0.25) is 11.8 Å². The number of rotatable bonds is 11. The van der Waals surface area contributed by atoms with Crippen LogP contribution in [-0.4, -0.2) is 114 Å². The van der Waals surface area contributed by atoms with Gasteiger partial charge in [0.25, 0.3) is 5.91 Å². The van der Waals surface area contributed by atoms with E-state index < -0.39 is 41.6 Å². The van der Waals surface area contributed by atoms with Crippen LogP contribution in [0.5, 0.6) is 5.75 Å². The number of aromatic amines is 1. The molecule has 0 bridgehead atoms. The Morgan fingerprint density at radius 3 is 2.22 bits per heavy atom. The number of nitrogens with one attached hydrogen (secondary N) is 3.